The second-order valence-electron chi connectivity index (χ2n) is 6.51. The minimum Gasteiger partial charge on any atom is -0.374 e. The molecule has 2 aliphatic heterocycles. The summed E-state index contributed by atoms with van der Waals surface area (Å²) in [6.45, 7) is 0.994. The summed E-state index contributed by atoms with van der Waals surface area (Å²) in [6.07, 6.45) is 9.68. The molecule has 1 spiro atoms. The molecule has 2 saturated heterocycles. The Bertz CT molecular complexity index is 274. The minimum atomic E-state index is 0.252. The Morgan fingerprint density at radius 1 is 1.39 bits per heavy atom. The lowest BCUT2D eigenvalue weighted by atomic mass is 9.74. The second-order valence-corrected chi connectivity index (χ2v) is 7.62. The number of hydrogen-bond acceptors (Lipinski definition) is 3. The zero-order valence-electron chi connectivity index (χ0n) is 11.6. The van der Waals surface area contributed by atoms with Crippen molar-refractivity contribution in [3.05, 3.63) is 0 Å². The topological polar surface area (TPSA) is 21.3 Å². The third-order valence-corrected chi connectivity index (χ3v) is 6.57. The van der Waals surface area contributed by atoms with Gasteiger partial charge in [0.1, 0.15) is 0 Å². The lowest BCUT2D eigenvalue weighted by Crippen LogP contribution is -2.47. The average Bonchev–Trinajstić information content (AvgIpc) is 2.76. The standard InChI is InChI=1S/C15H27NOS/c1-16-14(9-12-3-2-4-12)13-5-7-17-15(10-13)6-8-18-11-15/h12-14,16H,2-11H2,1H3. The van der Waals surface area contributed by atoms with Gasteiger partial charge < -0.3 is 10.1 Å². The first-order valence-electron chi connectivity index (χ1n) is 7.70. The molecule has 0 radical (unpaired) electrons. The highest BCUT2D eigenvalue weighted by Gasteiger charge is 2.42. The van der Waals surface area contributed by atoms with E-state index in [1.807, 2.05) is 0 Å². The third kappa shape index (κ3) is 2.73. The number of ether oxygens (including phenoxy) is 1. The van der Waals surface area contributed by atoms with Gasteiger partial charge in [-0.25, -0.2) is 0 Å². The first-order chi connectivity index (χ1) is 8.81. The molecule has 0 aromatic carbocycles. The predicted molar refractivity (Wildman–Crippen MR) is 78.2 cm³/mol. The molecule has 2 heterocycles. The van der Waals surface area contributed by atoms with Crippen LogP contribution in [0.1, 0.15) is 44.9 Å². The van der Waals surface area contributed by atoms with Crippen molar-refractivity contribution in [2.45, 2.75) is 56.6 Å². The van der Waals surface area contributed by atoms with Gasteiger partial charge in [0.2, 0.25) is 0 Å². The number of rotatable bonds is 4. The van der Waals surface area contributed by atoms with Gasteiger partial charge in [0.25, 0.3) is 0 Å². The maximum Gasteiger partial charge on any atom is 0.0783 e. The largest absolute Gasteiger partial charge is 0.374 e. The fraction of sp³-hybridized carbons (Fsp3) is 1.00. The van der Waals surface area contributed by atoms with Crippen molar-refractivity contribution >= 4 is 11.8 Å². The van der Waals surface area contributed by atoms with Crippen LogP contribution in [0.5, 0.6) is 0 Å². The first kappa shape index (κ1) is 13.3. The minimum absolute atomic E-state index is 0.252. The molecule has 3 rings (SSSR count). The Hall–Kier alpha value is 0.270. The highest BCUT2D eigenvalue weighted by molar-refractivity contribution is 7.99. The van der Waals surface area contributed by atoms with Gasteiger partial charge in [0.15, 0.2) is 0 Å². The average molecular weight is 269 g/mol. The van der Waals surface area contributed by atoms with Gasteiger partial charge in [-0.1, -0.05) is 19.3 Å². The van der Waals surface area contributed by atoms with Crippen LogP contribution in [-0.2, 0) is 4.74 Å². The lowest BCUT2D eigenvalue weighted by molar-refractivity contribution is -0.0863. The van der Waals surface area contributed by atoms with Crippen LogP contribution in [0.4, 0.5) is 0 Å². The zero-order valence-corrected chi connectivity index (χ0v) is 12.4. The normalized spacial score (nSPS) is 38.8. The quantitative estimate of drug-likeness (QED) is 0.847. The van der Waals surface area contributed by atoms with E-state index in [1.165, 1.54) is 56.5 Å². The number of hydrogen-bond donors (Lipinski definition) is 1. The number of thioether (sulfide) groups is 1. The monoisotopic (exact) mass is 269 g/mol. The maximum absolute atomic E-state index is 6.15. The van der Waals surface area contributed by atoms with Gasteiger partial charge in [0, 0.05) is 18.4 Å². The Kier molecular flexibility index (Phi) is 4.21. The van der Waals surface area contributed by atoms with Crippen molar-refractivity contribution in [3.63, 3.8) is 0 Å². The smallest absolute Gasteiger partial charge is 0.0783 e. The van der Waals surface area contributed by atoms with E-state index in [1.54, 1.807) is 0 Å². The van der Waals surface area contributed by atoms with Crippen LogP contribution in [-0.4, -0.2) is 36.8 Å². The van der Waals surface area contributed by atoms with E-state index < -0.39 is 0 Å². The Balaban J connectivity index is 1.58. The summed E-state index contributed by atoms with van der Waals surface area (Å²) < 4.78 is 6.15. The molecule has 1 N–H and O–H groups in total. The van der Waals surface area contributed by atoms with E-state index in [0.717, 1.165) is 24.5 Å². The summed E-state index contributed by atoms with van der Waals surface area (Å²) in [4.78, 5) is 0. The van der Waals surface area contributed by atoms with Crippen molar-refractivity contribution in [2.24, 2.45) is 11.8 Å². The van der Waals surface area contributed by atoms with E-state index >= 15 is 0 Å². The van der Waals surface area contributed by atoms with E-state index in [0.29, 0.717) is 0 Å². The van der Waals surface area contributed by atoms with Crippen molar-refractivity contribution in [2.75, 3.05) is 25.2 Å². The molecule has 0 aromatic rings. The van der Waals surface area contributed by atoms with Crippen LogP contribution in [0.2, 0.25) is 0 Å². The molecule has 3 fully saturated rings. The second kappa shape index (κ2) is 5.72. The summed E-state index contributed by atoms with van der Waals surface area (Å²) in [5.74, 6) is 4.41. The molecule has 0 aromatic heterocycles. The fourth-order valence-electron chi connectivity index (χ4n) is 3.91. The van der Waals surface area contributed by atoms with Crippen LogP contribution in [0.15, 0.2) is 0 Å². The van der Waals surface area contributed by atoms with Crippen LogP contribution < -0.4 is 5.32 Å². The molecule has 3 heteroatoms. The van der Waals surface area contributed by atoms with Gasteiger partial charge in [-0.05, 0) is 50.3 Å². The molecule has 18 heavy (non-hydrogen) atoms. The molecule has 1 aliphatic carbocycles. The number of nitrogens with one attached hydrogen (secondary N) is 1. The molecular weight excluding hydrogens is 242 g/mol. The maximum atomic E-state index is 6.15. The Labute approximate surface area is 116 Å². The summed E-state index contributed by atoms with van der Waals surface area (Å²) >= 11 is 2.08. The first-order valence-corrected chi connectivity index (χ1v) is 8.86. The molecule has 1 saturated carbocycles. The van der Waals surface area contributed by atoms with Crippen molar-refractivity contribution in [1.29, 1.82) is 0 Å². The summed E-state index contributed by atoms with van der Waals surface area (Å²) in [7, 11) is 2.16. The van der Waals surface area contributed by atoms with Crippen LogP contribution in [0, 0.1) is 11.8 Å². The van der Waals surface area contributed by atoms with Crippen LogP contribution in [0.25, 0.3) is 0 Å². The Morgan fingerprint density at radius 3 is 2.89 bits per heavy atom. The van der Waals surface area contributed by atoms with Gasteiger partial charge in [0.05, 0.1) is 5.60 Å². The molecule has 0 amide bonds. The zero-order chi connectivity index (χ0) is 12.4. The van der Waals surface area contributed by atoms with E-state index in [2.05, 4.69) is 24.1 Å². The van der Waals surface area contributed by atoms with E-state index in [4.69, 9.17) is 4.74 Å². The van der Waals surface area contributed by atoms with Crippen molar-refractivity contribution in [3.8, 4) is 0 Å². The molecule has 3 aliphatic rings. The lowest BCUT2D eigenvalue weighted by Gasteiger charge is -2.42. The summed E-state index contributed by atoms with van der Waals surface area (Å²) in [5.41, 5.74) is 0.252. The summed E-state index contributed by atoms with van der Waals surface area (Å²) in [5, 5.41) is 3.61. The molecule has 0 bridgehead atoms. The molecule has 3 unspecified atom stereocenters. The van der Waals surface area contributed by atoms with Crippen LogP contribution >= 0.6 is 11.8 Å². The molecule has 2 nitrogen and oxygen atoms in total. The van der Waals surface area contributed by atoms with E-state index in [-0.39, 0.29) is 5.60 Å². The highest BCUT2D eigenvalue weighted by atomic mass is 32.2. The third-order valence-electron chi connectivity index (χ3n) is 5.35. The molecular formula is C15H27NOS. The van der Waals surface area contributed by atoms with Crippen molar-refractivity contribution in [1.82, 2.24) is 5.32 Å². The SMILES string of the molecule is CNC(CC1CCC1)C1CCOC2(CCSC2)C1. The Morgan fingerprint density at radius 2 is 2.28 bits per heavy atom. The predicted octanol–water partition coefficient (Wildman–Crippen LogP) is 3.07. The van der Waals surface area contributed by atoms with Gasteiger partial charge >= 0.3 is 0 Å². The van der Waals surface area contributed by atoms with E-state index in [9.17, 15) is 0 Å². The van der Waals surface area contributed by atoms with Crippen molar-refractivity contribution < 1.29 is 4.74 Å². The van der Waals surface area contributed by atoms with Crippen LogP contribution in [0.3, 0.4) is 0 Å². The summed E-state index contributed by atoms with van der Waals surface area (Å²) in [6, 6.07) is 0.738. The van der Waals surface area contributed by atoms with Gasteiger partial charge in [-0.15, -0.1) is 0 Å². The van der Waals surface area contributed by atoms with Gasteiger partial charge in [-0.2, -0.15) is 11.8 Å². The fourth-order valence-corrected chi connectivity index (χ4v) is 5.28. The van der Waals surface area contributed by atoms with Gasteiger partial charge in [-0.3, -0.25) is 0 Å². The molecule has 104 valence electrons. The molecule has 3 atom stereocenters. The highest BCUT2D eigenvalue weighted by Crippen LogP contribution is 2.42.